The molecule has 2 atom stereocenters. The lowest BCUT2D eigenvalue weighted by Gasteiger charge is -2.42. The molecule has 0 aliphatic carbocycles. The number of rotatable bonds is 6. The van der Waals surface area contributed by atoms with Crippen molar-refractivity contribution < 1.29 is 40.6 Å². The van der Waals surface area contributed by atoms with Gasteiger partial charge in [0.05, 0.1) is 13.2 Å². The number of hydrogen-bond acceptors (Lipinski definition) is 4. The molecule has 0 radical (unpaired) electrons. The quantitative estimate of drug-likeness (QED) is 0.377. The minimum Gasteiger partial charge on any atom is -0.496 e. The van der Waals surface area contributed by atoms with Crippen LogP contribution in [0.25, 0.3) is 0 Å². The third kappa shape index (κ3) is 6.62. The molecule has 1 amide bonds. The van der Waals surface area contributed by atoms with Crippen molar-refractivity contribution in [1.29, 1.82) is 0 Å². The minimum absolute atomic E-state index is 0.0844. The zero-order valence-electron chi connectivity index (χ0n) is 22.5. The SMILES string of the molecule is COc1ccc(C(C)(C(F)(F)F)C(F)(F)F)cc1CN[C@H]1CCCN(C(=O)OC(C)(C)C)[C@H]1c1ccccc1. The smallest absolute Gasteiger partial charge is 0.410 e. The molecule has 5 nitrogen and oxygen atoms in total. The molecule has 0 bridgehead atoms. The molecule has 1 fully saturated rings. The Morgan fingerprint density at radius 3 is 2.13 bits per heavy atom. The third-order valence-electron chi connectivity index (χ3n) is 6.95. The molecule has 2 aromatic carbocycles. The van der Waals surface area contributed by atoms with E-state index in [1.54, 1.807) is 25.7 Å². The Bertz CT molecular complexity index is 1110. The maximum absolute atomic E-state index is 13.7. The number of alkyl halides is 6. The molecule has 1 aliphatic heterocycles. The van der Waals surface area contributed by atoms with Crippen LogP contribution in [0.2, 0.25) is 0 Å². The van der Waals surface area contributed by atoms with Crippen LogP contribution in [0.1, 0.15) is 63.3 Å². The van der Waals surface area contributed by atoms with Gasteiger partial charge in [-0.25, -0.2) is 4.79 Å². The first-order valence-corrected chi connectivity index (χ1v) is 12.6. The number of nitrogens with zero attached hydrogens (tertiary/aromatic N) is 1. The highest BCUT2D eigenvalue weighted by atomic mass is 19.4. The average molecular weight is 561 g/mol. The van der Waals surface area contributed by atoms with Crippen molar-refractivity contribution in [2.75, 3.05) is 13.7 Å². The van der Waals surface area contributed by atoms with Crippen LogP contribution in [-0.2, 0) is 16.7 Å². The second kappa shape index (κ2) is 11.3. The lowest BCUT2D eigenvalue weighted by molar-refractivity contribution is -0.297. The lowest BCUT2D eigenvalue weighted by atomic mass is 9.80. The highest BCUT2D eigenvalue weighted by Gasteiger charge is 2.68. The summed E-state index contributed by atoms with van der Waals surface area (Å²) in [5, 5.41) is 3.27. The number of carbonyl (C=O) groups is 1. The zero-order chi connectivity index (χ0) is 29.2. The highest BCUT2D eigenvalue weighted by molar-refractivity contribution is 5.69. The van der Waals surface area contributed by atoms with Gasteiger partial charge in [-0.2, -0.15) is 26.3 Å². The van der Waals surface area contributed by atoms with Crippen molar-refractivity contribution in [2.45, 2.75) is 82.5 Å². The van der Waals surface area contributed by atoms with E-state index in [4.69, 9.17) is 9.47 Å². The number of amides is 1. The van der Waals surface area contributed by atoms with Crippen molar-refractivity contribution in [3.63, 3.8) is 0 Å². The topological polar surface area (TPSA) is 50.8 Å². The van der Waals surface area contributed by atoms with Gasteiger partial charge in [-0.3, -0.25) is 4.90 Å². The minimum atomic E-state index is -5.57. The van der Waals surface area contributed by atoms with E-state index in [1.165, 1.54) is 7.11 Å². The second-order valence-electron chi connectivity index (χ2n) is 10.8. The monoisotopic (exact) mass is 560 g/mol. The first-order valence-electron chi connectivity index (χ1n) is 12.6. The normalized spacial score (nSPS) is 19.1. The van der Waals surface area contributed by atoms with Gasteiger partial charge < -0.3 is 14.8 Å². The summed E-state index contributed by atoms with van der Waals surface area (Å²) in [5.74, 6) is 0.147. The molecule has 1 aliphatic rings. The molecular formula is C28H34F6N2O3. The third-order valence-corrected chi connectivity index (χ3v) is 6.95. The molecule has 39 heavy (non-hydrogen) atoms. The number of piperidine rings is 1. The summed E-state index contributed by atoms with van der Waals surface area (Å²) in [7, 11) is 1.29. The number of benzene rings is 2. The predicted octanol–water partition coefficient (Wildman–Crippen LogP) is 7.31. The maximum Gasteiger partial charge on any atom is 0.410 e. The number of nitrogens with one attached hydrogen (secondary N) is 1. The molecule has 0 aromatic heterocycles. The first kappa shape index (κ1) is 30.6. The van der Waals surface area contributed by atoms with E-state index >= 15 is 0 Å². The molecule has 0 spiro atoms. The van der Waals surface area contributed by atoms with Crippen molar-refractivity contribution in [3.8, 4) is 5.75 Å². The van der Waals surface area contributed by atoms with Crippen LogP contribution in [-0.4, -0.2) is 48.6 Å². The van der Waals surface area contributed by atoms with E-state index in [0.29, 0.717) is 19.4 Å². The van der Waals surface area contributed by atoms with Crippen LogP contribution in [0.3, 0.4) is 0 Å². The molecular weight excluding hydrogens is 526 g/mol. The Morgan fingerprint density at radius 1 is 0.974 bits per heavy atom. The number of ether oxygens (including phenoxy) is 2. The van der Waals surface area contributed by atoms with Gasteiger partial charge in [0.2, 0.25) is 0 Å². The fraction of sp³-hybridized carbons (Fsp3) is 0.536. The molecule has 11 heteroatoms. The Morgan fingerprint density at radius 2 is 1.59 bits per heavy atom. The maximum atomic E-state index is 13.7. The number of carbonyl (C=O) groups excluding carboxylic acids is 1. The summed E-state index contributed by atoms with van der Waals surface area (Å²) in [6.45, 7) is 5.77. The van der Waals surface area contributed by atoms with E-state index in [9.17, 15) is 31.1 Å². The van der Waals surface area contributed by atoms with Gasteiger partial charge in [0.1, 0.15) is 11.4 Å². The van der Waals surface area contributed by atoms with Gasteiger partial charge in [-0.1, -0.05) is 36.4 Å². The van der Waals surface area contributed by atoms with Crippen molar-refractivity contribution in [3.05, 3.63) is 65.2 Å². The van der Waals surface area contributed by atoms with Gasteiger partial charge in [0.15, 0.2) is 5.41 Å². The Kier molecular flexibility index (Phi) is 8.84. The van der Waals surface area contributed by atoms with Gasteiger partial charge in [-0.15, -0.1) is 0 Å². The van der Waals surface area contributed by atoms with Gasteiger partial charge in [0.25, 0.3) is 0 Å². The summed E-state index contributed by atoms with van der Waals surface area (Å²) in [6.07, 6.45) is -10.4. The van der Waals surface area contributed by atoms with Crippen molar-refractivity contribution in [2.24, 2.45) is 0 Å². The van der Waals surface area contributed by atoms with E-state index < -0.39 is 41.1 Å². The Hall–Kier alpha value is -2.95. The summed E-state index contributed by atoms with van der Waals surface area (Å²) in [6, 6.07) is 11.2. The van der Waals surface area contributed by atoms with Crippen molar-refractivity contribution in [1.82, 2.24) is 10.2 Å². The van der Waals surface area contributed by atoms with Crippen molar-refractivity contribution >= 4 is 6.09 Å². The second-order valence-corrected chi connectivity index (χ2v) is 10.8. The summed E-state index contributed by atoms with van der Waals surface area (Å²) < 4.78 is 93.3. The van der Waals surface area contributed by atoms with Crippen LogP contribution >= 0.6 is 0 Å². The largest absolute Gasteiger partial charge is 0.496 e. The molecule has 1 N–H and O–H groups in total. The van der Waals surface area contributed by atoms with E-state index in [1.807, 2.05) is 30.3 Å². The first-order chi connectivity index (χ1) is 18.0. The Labute approximate surface area is 224 Å². The fourth-order valence-corrected chi connectivity index (χ4v) is 4.75. The van der Waals surface area contributed by atoms with E-state index in [-0.39, 0.29) is 30.8 Å². The Balaban J connectivity index is 1.96. The van der Waals surface area contributed by atoms with Crippen LogP contribution in [0, 0.1) is 0 Å². The lowest BCUT2D eigenvalue weighted by Crippen LogP contribution is -2.52. The molecule has 216 valence electrons. The average Bonchev–Trinajstić information content (AvgIpc) is 2.84. The van der Waals surface area contributed by atoms with E-state index in [2.05, 4.69) is 5.32 Å². The van der Waals surface area contributed by atoms with Crippen LogP contribution in [0.5, 0.6) is 5.75 Å². The van der Waals surface area contributed by atoms with Gasteiger partial charge in [0, 0.05) is 24.7 Å². The number of hydrogen-bond donors (Lipinski definition) is 1. The number of halogens is 6. The zero-order valence-corrected chi connectivity index (χ0v) is 22.5. The molecule has 0 unspecified atom stereocenters. The number of methoxy groups -OCH3 is 1. The fourth-order valence-electron chi connectivity index (χ4n) is 4.75. The predicted molar refractivity (Wildman–Crippen MR) is 134 cm³/mol. The van der Waals surface area contributed by atoms with Crippen LogP contribution < -0.4 is 10.1 Å². The molecule has 3 rings (SSSR count). The summed E-state index contributed by atoms with van der Waals surface area (Å²) >= 11 is 0. The van der Waals surface area contributed by atoms with E-state index in [0.717, 1.165) is 23.8 Å². The molecule has 1 heterocycles. The standard InChI is InChI=1S/C28H34F6N2O3/c1-25(2,3)39-24(37)36-15-9-12-21(23(36)18-10-7-6-8-11-18)35-17-19-16-20(13-14-22(19)38-5)26(4,27(29,30)31)28(32,33)34/h6-8,10-11,13-14,16,21,23,35H,9,12,15,17H2,1-5H3/t21-,23-/m0/s1. The van der Waals surface area contributed by atoms with Gasteiger partial charge >= 0.3 is 18.4 Å². The van der Waals surface area contributed by atoms with Crippen LogP contribution in [0.15, 0.2) is 48.5 Å². The summed E-state index contributed by atoms with van der Waals surface area (Å²) in [4.78, 5) is 14.7. The van der Waals surface area contributed by atoms with Crippen LogP contribution in [0.4, 0.5) is 31.1 Å². The number of likely N-dealkylation sites (tertiary alicyclic amines) is 1. The summed E-state index contributed by atoms with van der Waals surface area (Å²) in [5.41, 5.74) is -4.76. The molecule has 2 aromatic rings. The highest BCUT2D eigenvalue weighted by Crippen LogP contribution is 2.52. The van der Waals surface area contributed by atoms with Gasteiger partial charge in [-0.05, 0) is 63.8 Å². The molecule has 0 saturated carbocycles. The molecule has 1 saturated heterocycles.